The first-order valence-corrected chi connectivity index (χ1v) is 6.72. The van der Waals surface area contributed by atoms with E-state index in [1.807, 2.05) is 0 Å². The average Bonchev–Trinajstić information content (AvgIpc) is 2.34. The van der Waals surface area contributed by atoms with E-state index in [9.17, 15) is 14.4 Å². The molecule has 0 aliphatic rings. The quantitative estimate of drug-likeness (QED) is 0.407. The highest BCUT2D eigenvalue weighted by Crippen LogP contribution is 2.13. The Morgan fingerprint density at radius 2 is 1.57 bits per heavy atom. The molecule has 0 saturated heterocycles. The largest absolute Gasteiger partial charge is 0.481 e. The minimum atomic E-state index is -1.17. The van der Waals surface area contributed by atoms with E-state index >= 15 is 0 Å². The first-order chi connectivity index (χ1) is 9.59. The highest BCUT2D eigenvalue weighted by Gasteiger charge is 2.13. The van der Waals surface area contributed by atoms with Crippen LogP contribution in [0.4, 0.5) is 0 Å². The number of rotatable bonds is 9. The van der Waals surface area contributed by atoms with Gasteiger partial charge < -0.3 is 26.8 Å². The lowest BCUT2D eigenvalue weighted by atomic mass is 9.94. The predicted octanol–water partition coefficient (Wildman–Crippen LogP) is 0.345. The Labute approximate surface area is 124 Å². The third kappa shape index (κ3) is 16.3. The van der Waals surface area contributed by atoms with Gasteiger partial charge in [0, 0.05) is 12.8 Å². The van der Waals surface area contributed by atoms with Crippen LogP contribution in [0.3, 0.4) is 0 Å². The summed E-state index contributed by atoms with van der Waals surface area (Å²) >= 11 is 0. The Morgan fingerprint density at radius 3 is 1.86 bits per heavy atom. The molecule has 0 radical (unpaired) electrons. The van der Waals surface area contributed by atoms with Gasteiger partial charge in [-0.15, -0.1) is 0 Å². The highest BCUT2D eigenvalue weighted by atomic mass is 16.4. The van der Waals surface area contributed by atoms with Crippen LogP contribution in [0.1, 0.15) is 39.5 Å². The molecule has 0 spiro atoms. The molecule has 8 nitrogen and oxygen atoms in total. The molecule has 0 aliphatic carbocycles. The van der Waals surface area contributed by atoms with Gasteiger partial charge in [-0.25, -0.2) is 0 Å². The van der Waals surface area contributed by atoms with Crippen molar-refractivity contribution in [3.05, 3.63) is 0 Å². The van der Waals surface area contributed by atoms with Crippen LogP contribution in [0.5, 0.6) is 0 Å². The van der Waals surface area contributed by atoms with Gasteiger partial charge in [0.2, 0.25) is 0 Å². The lowest BCUT2D eigenvalue weighted by Gasteiger charge is -2.13. The maximum absolute atomic E-state index is 10.3. The van der Waals surface area contributed by atoms with Crippen molar-refractivity contribution in [1.29, 1.82) is 0 Å². The van der Waals surface area contributed by atoms with Crippen molar-refractivity contribution in [2.24, 2.45) is 23.3 Å². The summed E-state index contributed by atoms with van der Waals surface area (Å²) in [6.45, 7) is 4.62. The molecule has 21 heavy (non-hydrogen) atoms. The maximum atomic E-state index is 10.3. The second-order valence-corrected chi connectivity index (χ2v) is 5.21. The van der Waals surface area contributed by atoms with Crippen LogP contribution in [-0.4, -0.2) is 45.8 Å². The van der Waals surface area contributed by atoms with Crippen molar-refractivity contribution in [2.75, 3.05) is 6.54 Å². The van der Waals surface area contributed by atoms with E-state index < -0.39 is 23.9 Å². The van der Waals surface area contributed by atoms with Crippen molar-refractivity contribution in [3.8, 4) is 0 Å². The molecular formula is C13H26N2O6. The van der Waals surface area contributed by atoms with E-state index in [0.717, 1.165) is 6.42 Å². The summed E-state index contributed by atoms with van der Waals surface area (Å²) in [4.78, 5) is 30.2. The maximum Gasteiger partial charge on any atom is 0.320 e. The van der Waals surface area contributed by atoms with Crippen molar-refractivity contribution in [1.82, 2.24) is 0 Å². The Hall–Kier alpha value is -1.67. The van der Waals surface area contributed by atoms with Gasteiger partial charge >= 0.3 is 17.9 Å². The summed E-state index contributed by atoms with van der Waals surface area (Å²) in [5.41, 5.74) is 10.4. The van der Waals surface area contributed by atoms with Crippen molar-refractivity contribution >= 4 is 17.9 Å². The molecule has 0 amide bonds. The molecule has 1 unspecified atom stereocenters. The van der Waals surface area contributed by atoms with Crippen LogP contribution in [0.15, 0.2) is 0 Å². The Morgan fingerprint density at radius 1 is 1.05 bits per heavy atom. The van der Waals surface area contributed by atoms with E-state index in [1.54, 1.807) is 0 Å². The van der Waals surface area contributed by atoms with Gasteiger partial charge in [0.05, 0.1) is 0 Å². The van der Waals surface area contributed by atoms with Crippen LogP contribution in [0, 0.1) is 11.8 Å². The monoisotopic (exact) mass is 306 g/mol. The van der Waals surface area contributed by atoms with E-state index in [4.69, 9.17) is 26.8 Å². The molecule has 0 aromatic rings. The van der Waals surface area contributed by atoms with Gasteiger partial charge in [-0.2, -0.15) is 0 Å². The number of nitrogens with two attached hydrogens (primary N) is 2. The molecule has 0 rings (SSSR count). The lowest BCUT2D eigenvalue weighted by Crippen LogP contribution is -2.30. The van der Waals surface area contributed by atoms with E-state index in [0.29, 0.717) is 12.5 Å². The number of carboxylic acid groups (broad SMARTS) is 3. The van der Waals surface area contributed by atoms with Crippen molar-refractivity contribution < 1.29 is 29.7 Å². The zero-order valence-corrected chi connectivity index (χ0v) is 12.5. The molecule has 0 bridgehead atoms. The fourth-order valence-electron chi connectivity index (χ4n) is 1.58. The molecule has 0 aliphatic heterocycles. The van der Waals surface area contributed by atoms with E-state index in [-0.39, 0.29) is 25.2 Å². The second kappa shape index (κ2) is 12.1. The summed E-state index contributed by atoms with van der Waals surface area (Å²) < 4.78 is 0. The number of hydrogen-bond acceptors (Lipinski definition) is 5. The van der Waals surface area contributed by atoms with Gasteiger partial charge in [-0.1, -0.05) is 13.8 Å². The summed E-state index contributed by atoms with van der Waals surface area (Å²) in [6, 6.07) is -1.06. The Balaban J connectivity index is 0. The molecule has 7 N–H and O–H groups in total. The first kappa shape index (κ1) is 21.6. The fourth-order valence-corrected chi connectivity index (χ4v) is 1.58. The number of aliphatic carboxylic acids is 3. The Bertz CT molecular complexity index is 333. The molecule has 0 heterocycles. The molecule has 0 fully saturated rings. The smallest absolute Gasteiger partial charge is 0.320 e. The molecule has 124 valence electrons. The summed E-state index contributed by atoms with van der Waals surface area (Å²) in [5, 5.41) is 24.7. The van der Waals surface area contributed by atoms with Gasteiger partial charge in [-0.3, -0.25) is 14.4 Å². The highest BCUT2D eigenvalue weighted by molar-refractivity contribution is 5.74. The van der Waals surface area contributed by atoms with Crippen molar-refractivity contribution in [3.63, 3.8) is 0 Å². The average molecular weight is 306 g/mol. The number of carbonyl (C=O) groups is 3. The van der Waals surface area contributed by atoms with E-state index in [1.165, 1.54) is 0 Å². The lowest BCUT2D eigenvalue weighted by molar-refractivity contribution is -0.140. The van der Waals surface area contributed by atoms with Crippen molar-refractivity contribution in [2.45, 2.75) is 45.6 Å². The zero-order chi connectivity index (χ0) is 17.0. The molecule has 2 atom stereocenters. The minimum Gasteiger partial charge on any atom is -0.481 e. The third-order valence-corrected chi connectivity index (χ3v) is 2.59. The first-order valence-electron chi connectivity index (χ1n) is 6.72. The van der Waals surface area contributed by atoms with Crippen LogP contribution < -0.4 is 11.5 Å². The van der Waals surface area contributed by atoms with Gasteiger partial charge in [0.25, 0.3) is 0 Å². The third-order valence-electron chi connectivity index (χ3n) is 2.59. The SMILES string of the molecule is CC(C)C[C@H](CN)CC(=O)O.NC(CCC(=O)O)C(=O)O. The predicted molar refractivity (Wildman–Crippen MR) is 76.7 cm³/mol. The van der Waals surface area contributed by atoms with Crippen LogP contribution in [0.2, 0.25) is 0 Å². The van der Waals surface area contributed by atoms with Gasteiger partial charge in [-0.05, 0) is 31.2 Å². The zero-order valence-electron chi connectivity index (χ0n) is 12.5. The minimum absolute atomic E-state index is 0.0231. The van der Waals surface area contributed by atoms with Crippen LogP contribution in [0.25, 0.3) is 0 Å². The normalized spacial score (nSPS) is 13.0. The number of hydrogen-bond donors (Lipinski definition) is 5. The topological polar surface area (TPSA) is 164 Å². The fraction of sp³-hybridized carbons (Fsp3) is 0.769. The standard InChI is InChI=1S/C8H17NO2.C5H9NO4/c1-6(2)3-7(5-9)4-8(10)11;6-3(5(9)10)1-2-4(7)8/h6-7H,3-5,9H2,1-2H3,(H,10,11);3H,1-2,6H2,(H,7,8)(H,9,10)/t7-;/m0./s1. The summed E-state index contributed by atoms with van der Waals surface area (Å²) in [5.74, 6) is -2.27. The summed E-state index contributed by atoms with van der Waals surface area (Å²) in [7, 11) is 0. The molecular weight excluding hydrogens is 280 g/mol. The van der Waals surface area contributed by atoms with E-state index in [2.05, 4.69) is 13.8 Å². The Kier molecular flexibility index (Phi) is 12.5. The van der Waals surface area contributed by atoms with Gasteiger partial charge in [0.1, 0.15) is 6.04 Å². The molecule has 0 saturated carbocycles. The van der Waals surface area contributed by atoms with Gasteiger partial charge in [0.15, 0.2) is 0 Å². The second-order valence-electron chi connectivity index (χ2n) is 5.21. The molecule has 0 aromatic carbocycles. The molecule has 0 aromatic heterocycles. The van der Waals surface area contributed by atoms with Crippen LogP contribution >= 0.6 is 0 Å². The summed E-state index contributed by atoms with van der Waals surface area (Å²) in [6.07, 6.45) is 0.885. The number of carboxylic acids is 3. The molecule has 8 heteroatoms. The van der Waals surface area contributed by atoms with Crippen LogP contribution in [-0.2, 0) is 14.4 Å².